The van der Waals surface area contributed by atoms with E-state index in [1.165, 1.54) is 30.3 Å². The fraction of sp³-hybridized carbons (Fsp3) is 0.375. The van der Waals surface area contributed by atoms with E-state index in [2.05, 4.69) is 10.6 Å². The number of amidine groups is 1. The van der Waals surface area contributed by atoms with Crippen molar-refractivity contribution in [2.75, 3.05) is 38.4 Å². The van der Waals surface area contributed by atoms with Crippen LogP contribution in [0.5, 0.6) is 11.5 Å². The van der Waals surface area contributed by atoms with Crippen molar-refractivity contribution in [3.05, 3.63) is 53.3 Å². The molecule has 2 aromatic carbocycles. The summed E-state index contributed by atoms with van der Waals surface area (Å²) < 4.78 is 34.1. The zero-order chi connectivity index (χ0) is 28.3. The molecule has 0 fully saturated rings. The molecule has 0 bridgehead atoms. The summed E-state index contributed by atoms with van der Waals surface area (Å²) >= 11 is 16.6. The van der Waals surface area contributed by atoms with Crippen LogP contribution in [0, 0.1) is 11.2 Å². The van der Waals surface area contributed by atoms with Gasteiger partial charge in [0.2, 0.25) is 3.79 Å². The predicted octanol–water partition coefficient (Wildman–Crippen LogP) is 4.73. The van der Waals surface area contributed by atoms with Crippen molar-refractivity contribution >= 4 is 58.4 Å². The molecule has 0 saturated heterocycles. The molecule has 2 aromatic rings. The SMILES string of the molecule is CCOC(=O)[C@H](Nc1ccc(C(=N)NC(=O)OCC(Cl)(Cl)Cl)cc1)c1cc(OCC)c(OCCO)cc1F. The van der Waals surface area contributed by atoms with Gasteiger partial charge in [0.15, 0.2) is 17.5 Å². The number of ether oxygens (including phenoxy) is 4. The van der Waals surface area contributed by atoms with Gasteiger partial charge in [-0.1, -0.05) is 34.8 Å². The lowest BCUT2D eigenvalue weighted by Crippen LogP contribution is -2.33. The van der Waals surface area contributed by atoms with Crippen LogP contribution in [-0.2, 0) is 14.3 Å². The number of alkyl carbamates (subject to hydrolysis) is 1. The number of benzene rings is 2. The molecule has 0 spiro atoms. The number of anilines is 1. The lowest BCUT2D eigenvalue weighted by molar-refractivity contribution is -0.144. The van der Waals surface area contributed by atoms with Crippen LogP contribution in [0.1, 0.15) is 31.0 Å². The van der Waals surface area contributed by atoms with E-state index >= 15 is 4.39 Å². The van der Waals surface area contributed by atoms with E-state index in [1.54, 1.807) is 13.8 Å². The summed E-state index contributed by atoms with van der Waals surface area (Å²) in [5.74, 6) is -1.54. The predicted molar refractivity (Wildman–Crippen MR) is 141 cm³/mol. The molecule has 1 atom stereocenters. The molecule has 0 saturated carbocycles. The second-order valence-corrected chi connectivity index (χ2v) is 9.94. The zero-order valence-electron chi connectivity index (χ0n) is 20.5. The van der Waals surface area contributed by atoms with Gasteiger partial charge in [0.1, 0.15) is 24.9 Å². The van der Waals surface area contributed by atoms with Crippen molar-refractivity contribution in [1.82, 2.24) is 5.32 Å². The van der Waals surface area contributed by atoms with Gasteiger partial charge in [-0.15, -0.1) is 0 Å². The number of amides is 1. The molecule has 208 valence electrons. The van der Waals surface area contributed by atoms with Crippen LogP contribution in [-0.4, -0.2) is 59.8 Å². The first-order valence-electron chi connectivity index (χ1n) is 11.3. The van der Waals surface area contributed by atoms with Crippen LogP contribution >= 0.6 is 34.8 Å². The number of aliphatic hydroxyl groups excluding tert-OH is 1. The van der Waals surface area contributed by atoms with Gasteiger partial charge in [0.05, 0.1) is 19.8 Å². The van der Waals surface area contributed by atoms with E-state index in [9.17, 15) is 9.59 Å². The van der Waals surface area contributed by atoms with Crippen molar-refractivity contribution in [1.29, 1.82) is 5.41 Å². The van der Waals surface area contributed by atoms with Gasteiger partial charge in [-0.2, -0.15) is 0 Å². The molecule has 0 unspecified atom stereocenters. The first-order valence-corrected chi connectivity index (χ1v) is 12.4. The van der Waals surface area contributed by atoms with Gasteiger partial charge in [-0.25, -0.2) is 14.0 Å². The van der Waals surface area contributed by atoms with Crippen molar-refractivity contribution in [3.8, 4) is 11.5 Å². The molecule has 0 aromatic heterocycles. The smallest absolute Gasteiger partial charge is 0.412 e. The first-order chi connectivity index (χ1) is 18.0. The van der Waals surface area contributed by atoms with Gasteiger partial charge < -0.3 is 29.4 Å². The minimum Gasteiger partial charge on any atom is -0.490 e. The standard InChI is InChI=1S/C24H27Cl3FN3O7/c1-3-35-18-11-16(17(28)12-19(18)37-10-9-32)20(22(33)36-4-2)30-15-7-5-14(6-8-15)21(29)31-23(34)38-13-24(25,26)27/h5-8,11-12,20,30,32H,3-4,9-10,13H2,1-2H3,(H2,29,31,34)/t20-/m1/s1. The van der Waals surface area contributed by atoms with Crippen LogP contribution < -0.4 is 20.1 Å². The van der Waals surface area contributed by atoms with Crippen molar-refractivity contribution in [2.24, 2.45) is 0 Å². The molecule has 0 heterocycles. The minimum absolute atomic E-state index is 0.0570. The highest BCUT2D eigenvalue weighted by atomic mass is 35.6. The molecule has 0 radical (unpaired) electrons. The highest BCUT2D eigenvalue weighted by molar-refractivity contribution is 6.67. The second-order valence-electron chi connectivity index (χ2n) is 7.42. The molecule has 0 aliphatic rings. The average Bonchev–Trinajstić information content (AvgIpc) is 2.86. The Bertz CT molecular complexity index is 1110. The number of halogens is 4. The average molecular weight is 595 g/mol. The number of carbonyl (C=O) groups excluding carboxylic acids is 2. The minimum atomic E-state index is -1.79. The van der Waals surface area contributed by atoms with Crippen molar-refractivity contribution in [2.45, 2.75) is 23.7 Å². The lowest BCUT2D eigenvalue weighted by Gasteiger charge is -2.21. The van der Waals surface area contributed by atoms with Crippen molar-refractivity contribution < 1.29 is 38.0 Å². The summed E-state index contributed by atoms with van der Waals surface area (Å²) in [6.07, 6.45) is -0.988. The van der Waals surface area contributed by atoms with E-state index in [0.717, 1.165) is 6.07 Å². The van der Waals surface area contributed by atoms with Gasteiger partial charge in [-0.3, -0.25) is 10.7 Å². The molecule has 4 N–H and O–H groups in total. The fourth-order valence-electron chi connectivity index (χ4n) is 3.06. The summed E-state index contributed by atoms with van der Waals surface area (Å²) in [6.45, 7) is 2.80. The largest absolute Gasteiger partial charge is 0.490 e. The summed E-state index contributed by atoms with van der Waals surface area (Å²) in [5.41, 5.74) is 0.624. The Morgan fingerprint density at radius 3 is 2.29 bits per heavy atom. The number of hydrogen-bond donors (Lipinski definition) is 4. The molecular weight excluding hydrogens is 568 g/mol. The Hall–Kier alpha value is -2.99. The maximum Gasteiger partial charge on any atom is 0.412 e. The number of hydrogen-bond acceptors (Lipinski definition) is 9. The summed E-state index contributed by atoms with van der Waals surface area (Å²) in [4.78, 5) is 24.6. The number of alkyl halides is 3. The second kappa shape index (κ2) is 14.8. The zero-order valence-corrected chi connectivity index (χ0v) is 22.8. The van der Waals surface area contributed by atoms with E-state index < -0.39 is 34.3 Å². The van der Waals surface area contributed by atoms with E-state index in [1.807, 2.05) is 0 Å². The lowest BCUT2D eigenvalue weighted by atomic mass is 10.0. The van der Waals surface area contributed by atoms with Crippen LogP contribution in [0.3, 0.4) is 0 Å². The highest BCUT2D eigenvalue weighted by Gasteiger charge is 2.28. The van der Waals surface area contributed by atoms with Gasteiger partial charge in [-0.05, 0) is 44.2 Å². The third-order valence-corrected chi connectivity index (χ3v) is 4.95. The van der Waals surface area contributed by atoms with E-state index in [-0.39, 0.29) is 49.3 Å². The third kappa shape index (κ3) is 9.71. The van der Waals surface area contributed by atoms with Crippen LogP contribution in [0.25, 0.3) is 0 Å². The number of aliphatic hydroxyl groups is 1. The quantitative estimate of drug-likeness (QED) is 0.120. The Labute approximate surface area is 233 Å². The van der Waals surface area contributed by atoms with Gasteiger partial charge >= 0.3 is 12.1 Å². The Morgan fingerprint density at radius 1 is 1.05 bits per heavy atom. The summed E-state index contributed by atoms with van der Waals surface area (Å²) in [5, 5.41) is 22.2. The molecule has 38 heavy (non-hydrogen) atoms. The van der Waals surface area contributed by atoms with E-state index in [4.69, 9.17) is 64.3 Å². The Kier molecular flexibility index (Phi) is 12.2. The summed E-state index contributed by atoms with van der Waals surface area (Å²) in [6, 6.07) is 7.14. The number of nitrogens with one attached hydrogen (secondary N) is 3. The molecule has 1 amide bonds. The molecule has 14 heteroatoms. The maximum absolute atomic E-state index is 15.1. The maximum atomic E-state index is 15.1. The monoisotopic (exact) mass is 593 g/mol. The van der Waals surface area contributed by atoms with Crippen LogP contribution in [0.15, 0.2) is 36.4 Å². The van der Waals surface area contributed by atoms with Gasteiger partial charge in [0, 0.05) is 22.9 Å². The third-order valence-electron chi connectivity index (χ3n) is 4.62. The Morgan fingerprint density at radius 2 is 1.71 bits per heavy atom. The number of carbonyl (C=O) groups is 2. The topological polar surface area (TPSA) is 139 Å². The number of esters is 1. The fourth-order valence-corrected chi connectivity index (χ4v) is 3.22. The molecule has 0 aliphatic heterocycles. The first kappa shape index (κ1) is 31.2. The molecular formula is C24H27Cl3FN3O7. The molecule has 2 rings (SSSR count). The van der Waals surface area contributed by atoms with Crippen molar-refractivity contribution in [3.63, 3.8) is 0 Å². The normalized spacial score (nSPS) is 11.8. The molecule has 10 nitrogen and oxygen atoms in total. The Balaban J connectivity index is 2.25. The summed E-state index contributed by atoms with van der Waals surface area (Å²) in [7, 11) is 0. The number of rotatable bonds is 12. The van der Waals surface area contributed by atoms with Crippen LogP contribution in [0.2, 0.25) is 0 Å². The molecule has 0 aliphatic carbocycles. The van der Waals surface area contributed by atoms with E-state index in [0.29, 0.717) is 11.3 Å². The van der Waals surface area contributed by atoms with Crippen LogP contribution in [0.4, 0.5) is 14.9 Å². The highest BCUT2D eigenvalue weighted by Crippen LogP contribution is 2.35. The van der Waals surface area contributed by atoms with Gasteiger partial charge in [0.25, 0.3) is 0 Å².